The van der Waals surface area contributed by atoms with Crippen molar-refractivity contribution in [2.75, 3.05) is 31.6 Å². The number of nitrogens with zero attached hydrogens (tertiary/aromatic N) is 2. The van der Waals surface area contributed by atoms with Crippen LogP contribution in [0.3, 0.4) is 0 Å². The number of anilines is 1. The van der Waals surface area contributed by atoms with Gasteiger partial charge in [0.25, 0.3) is 0 Å². The van der Waals surface area contributed by atoms with Gasteiger partial charge in [-0.15, -0.1) is 0 Å². The molecular weight excluding hydrogens is 295 g/mol. The Labute approximate surface area is 135 Å². The third-order valence-electron chi connectivity index (χ3n) is 4.83. The molecule has 2 nitrogen and oxygen atoms in total. The minimum absolute atomic E-state index is 0.333. The highest BCUT2D eigenvalue weighted by atomic mass is 32.2. The van der Waals surface area contributed by atoms with E-state index in [9.17, 15) is 3.89 Å². The third-order valence-corrected chi connectivity index (χ3v) is 5.26. The van der Waals surface area contributed by atoms with Crippen molar-refractivity contribution in [1.82, 2.24) is 4.90 Å². The zero-order valence-electron chi connectivity index (χ0n) is 12.6. The minimum Gasteiger partial charge on any atom is -0.362 e. The smallest absolute Gasteiger partial charge is 0.0812 e. The molecule has 0 bridgehead atoms. The van der Waals surface area contributed by atoms with E-state index in [1.807, 2.05) is 12.1 Å². The average Bonchev–Trinajstić information content (AvgIpc) is 2.68. The van der Waals surface area contributed by atoms with E-state index in [1.54, 1.807) is 0 Å². The van der Waals surface area contributed by atoms with E-state index in [4.69, 9.17) is 0 Å². The summed E-state index contributed by atoms with van der Waals surface area (Å²) in [6, 6.07) is 15.1. The van der Waals surface area contributed by atoms with Gasteiger partial charge in [-0.25, -0.2) is 0 Å². The molecule has 2 aliphatic rings. The van der Waals surface area contributed by atoms with E-state index in [1.165, 1.54) is 22.4 Å². The van der Waals surface area contributed by atoms with E-state index in [0.29, 0.717) is 23.1 Å². The predicted octanol–water partition coefficient (Wildman–Crippen LogP) is 4.06. The Bertz CT molecular complexity index is 703. The first-order valence-electron chi connectivity index (χ1n) is 7.71. The highest BCUT2D eigenvalue weighted by Gasteiger charge is 2.32. The number of piperazine rings is 1. The zero-order chi connectivity index (χ0) is 15.1. The summed E-state index contributed by atoms with van der Waals surface area (Å²) in [6.07, 6.45) is 0.886. The highest BCUT2D eigenvalue weighted by Crippen LogP contribution is 2.40. The van der Waals surface area contributed by atoms with Crippen LogP contribution in [0.25, 0.3) is 0 Å². The number of benzene rings is 2. The molecule has 1 unspecified atom stereocenters. The van der Waals surface area contributed by atoms with Gasteiger partial charge in [-0.05, 0) is 48.4 Å². The zero-order valence-corrected chi connectivity index (χ0v) is 13.4. The van der Waals surface area contributed by atoms with Crippen LogP contribution < -0.4 is 4.90 Å². The minimum atomic E-state index is 0.333. The van der Waals surface area contributed by atoms with Crippen molar-refractivity contribution in [2.45, 2.75) is 17.4 Å². The molecule has 0 aliphatic carbocycles. The summed E-state index contributed by atoms with van der Waals surface area (Å²) in [5.74, 6) is 0. The molecule has 0 N–H and O–H groups in total. The fraction of sp³-hybridized carbons (Fsp3) is 0.333. The summed E-state index contributed by atoms with van der Waals surface area (Å²) in [7, 11) is 2.19. The van der Waals surface area contributed by atoms with Crippen LogP contribution in [-0.2, 0) is 6.42 Å². The van der Waals surface area contributed by atoms with Crippen LogP contribution in [0.5, 0.6) is 0 Å². The topological polar surface area (TPSA) is 6.48 Å². The lowest BCUT2D eigenvalue weighted by molar-refractivity contribution is 0.269. The predicted molar refractivity (Wildman–Crippen MR) is 90.2 cm³/mol. The summed E-state index contributed by atoms with van der Waals surface area (Å²) in [5, 5.41) is 0. The molecule has 1 fully saturated rings. The van der Waals surface area contributed by atoms with Gasteiger partial charge in [0, 0.05) is 30.2 Å². The van der Waals surface area contributed by atoms with Crippen molar-refractivity contribution in [3.8, 4) is 0 Å². The number of likely N-dealkylation sites (N-methyl/N-ethyl adjacent to an activating group) is 1. The Morgan fingerprint density at radius 2 is 1.95 bits per heavy atom. The summed E-state index contributed by atoms with van der Waals surface area (Å²) in [6.45, 7) is 3.12. The second-order valence-corrected chi connectivity index (χ2v) is 6.84. The van der Waals surface area contributed by atoms with Gasteiger partial charge in [-0.1, -0.05) is 24.3 Å². The van der Waals surface area contributed by atoms with Gasteiger partial charge in [-0.2, -0.15) is 3.89 Å². The van der Waals surface area contributed by atoms with E-state index < -0.39 is 0 Å². The van der Waals surface area contributed by atoms with Gasteiger partial charge in [-0.3, -0.25) is 0 Å². The van der Waals surface area contributed by atoms with E-state index in [2.05, 4.69) is 47.2 Å². The monoisotopic (exact) mass is 314 g/mol. The first-order valence-corrected chi connectivity index (χ1v) is 8.42. The van der Waals surface area contributed by atoms with Crippen LogP contribution in [0.1, 0.15) is 22.7 Å². The Hall–Kier alpha value is -1.52. The fourth-order valence-corrected chi connectivity index (χ4v) is 4.04. The molecule has 4 rings (SSSR count). The number of halogens is 1. The van der Waals surface area contributed by atoms with Gasteiger partial charge in [0.1, 0.15) is 0 Å². The standard InChI is InChI=1S/C18H19FN2S/c1-20-8-9-21-17-7-6-15(22-19)11-14(17)10-13-4-2-3-5-16(13)18(21)12-20/h2-7,11,18H,8-10,12H2,1H3. The maximum absolute atomic E-state index is 13.0. The SMILES string of the molecule is CN1CCN2c3ccc(SF)cc3Cc3ccccc3C2C1. The number of fused-ring (bicyclic) bond motifs is 5. The van der Waals surface area contributed by atoms with Crippen LogP contribution in [0.4, 0.5) is 9.57 Å². The van der Waals surface area contributed by atoms with Crippen molar-refractivity contribution in [2.24, 2.45) is 0 Å². The first kappa shape index (κ1) is 14.1. The van der Waals surface area contributed by atoms with E-state index in [0.717, 1.165) is 26.1 Å². The average molecular weight is 314 g/mol. The molecule has 0 amide bonds. The largest absolute Gasteiger partial charge is 0.362 e. The van der Waals surface area contributed by atoms with Gasteiger partial charge < -0.3 is 9.80 Å². The maximum atomic E-state index is 13.0. The van der Waals surface area contributed by atoms with Crippen LogP contribution >= 0.6 is 12.1 Å². The molecule has 0 spiro atoms. The molecule has 114 valence electrons. The van der Waals surface area contributed by atoms with Crippen LogP contribution in [0.2, 0.25) is 0 Å². The lowest BCUT2D eigenvalue weighted by atomic mass is 9.96. The molecule has 2 heterocycles. The Kier molecular flexibility index (Phi) is 3.59. The molecule has 2 aromatic carbocycles. The van der Waals surface area contributed by atoms with Gasteiger partial charge in [0.2, 0.25) is 0 Å². The lowest BCUT2D eigenvalue weighted by Crippen LogP contribution is -2.46. The van der Waals surface area contributed by atoms with Crippen LogP contribution in [-0.4, -0.2) is 31.6 Å². The van der Waals surface area contributed by atoms with Gasteiger partial charge in [0.15, 0.2) is 0 Å². The second-order valence-electron chi connectivity index (χ2n) is 6.21. The van der Waals surface area contributed by atoms with Crippen LogP contribution in [0.15, 0.2) is 47.4 Å². The summed E-state index contributed by atoms with van der Waals surface area (Å²) in [5.41, 5.74) is 5.29. The van der Waals surface area contributed by atoms with Gasteiger partial charge >= 0.3 is 0 Å². The van der Waals surface area contributed by atoms with Crippen molar-refractivity contribution in [3.05, 3.63) is 59.2 Å². The third kappa shape index (κ3) is 2.31. The first-order chi connectivity index (χ1) is 10.8. The summed E-state index contributed by atoms with van der Waals surface area (Å²) < 4.78 is 13.0. The van der Waals surface area contributed by atoms with Crippen molar-refractivity contribution in [3.63, 3.8) is 0 Å². The molecule has 1 saturated heterocycles. The molecule has 1 atom stereocenters. The number of hydrogen-bond donors (Lipinski definition) is 0. The summed E-state index contributed by atoms with van der Waals surface area (Å²) >= 11 is 0.333. The lowest BCUT2D eigenvalue weighted by Gasteiger charge is -2.41. The number of rotatable bonds is 1. The van der Waals surface area contributed by atoms with Crippen LogP contribution in [0, 0.1) is 0 Å². The normalized spacial score (nSPS) is 20.8. The van der Waals surface area contributed by atoms with Gasteiger partial charge in [0.05, 0.1) is 18.2 Å². The maximum Gasteiger partial charge on any atom is 0.0812 e. The Morgan fingerprint density at radius 3 is 2.82 bits per heavy atom. The number of hydrogen-bond acceptors (Lipinski definition) is 3. The molecule has 0 saturated carbocycles. The van der Waals surface area contributed by atoms with Crippen molar-refractivity contribution >= 4 is 17.8 Å². The summed E-state index contributed by atoms with van der Waals surface area (Å²) in [4.78, 5) is 5.60. The molecule has 0 aromatic heterocycles. The Morgan fingerprint density at radius 1 is 1.09 bits per heavy atom. The quantitative estimate of drug-likeness (QED) is 0.784. The van der Waals surface area contributed by atoms with E-state index in [-0.39, 0.29) is 0 Å². The highest BCUT2D eigenvalue weighted by molar-refractivity contribution is 7.94. The second kappa shape index (κ2) is 5.60. The molecular formula is C18H19FN2S. The molecule has 2 aromatic rings. The molecule has 0 radical (unpaired) electrons. The fourth-order valence-electron chi connectivity index (χ4n) is 3.73. The molecule has 4 heteroatoms. The van der Waals surface area contributed by atoms with E-state index >= 15 is 0 Å². The van der Waals surface area contributed by atoms with Crippen molar-refractivity contribution in [1.29, 1.82) is 0 Å². The van der Waals surface area contributed by atoms with Crippen molar-refractivity contribution < 1.29 is 3.89 Å². The molecule has 2 aliphatic heterocycles. The Balaban J connectivity index is 1.88. The molecule has 22 heavy (non-hydrogen) atoms.